The minimum Gasteiger partial charge on any atom is -0.374 e. The standard InChI is InChI=1S/C7H9ClNOP/c1-11(10)5-6-2-3-7(8)9-4-6/h2-4,10H,5H2,1H3. The Bertz CT molecular complexity index is 224. The molecule has 1 heterocycles. The molecule has 0 radical (unpaired) electrons. The Balaban J connectivity index is 2.66. The lowest BCUT2D eigenvalue weighted by atomic mass is 10.3. The van der Waals surface area contributed by atoms with Crippen molar-refractivity contribution in [2.45, 2.75) is 6.16 Å². The van der Waals surface area contributed by atoms with Gasteiger partial charge in [0.2, 0.25) is 0 Å². The number of hydrogen-bond acceptors (Lipinski definition) is 2. The van der Waals surface area contributed by atoms with E-state index in [1.165, 1.54) is 0 Å². The average Bonchev–Trinajstić information content (AvgIpc) is 1.93. The number of rotatable bonds is 2. The fourth-order valence-corrected chi connectivity index (χ4v) is 1.59. The van der Waals surface area contributed by atoms with Gasteiger partial charge in [-0.15, -0.1) is 0 Å². The Hall–Kier alpha value is -0.170. The van der Waals surface area contributed by atoms with Gasteiger partial charge in [0.05, 0.1) is 0 Å². The van der Waals surface area contributed by atoms with Crippen LogP contribution in [0.25, 0.3) is 0 Å². The van der Waals surface area contributed by atoms with Gasteiger partial charge in [0.1, 0.15) is 5.15 Å². The molecule has 11 heavy (non-hydrogen) atoms. The van der Waals surface area contributed by atoms with Crippen LogP contribution in [-0.4, -0.2) is 16.5 Å². The molecule has 4 heteroatoms. The average molecular weight is 190 g/mol. The first kappa shape index (κ1) is 8.92. The molecule has 1 atom stereocenters. The maximum Gasteiger partial charge on any atom is 0.129 e. The Morgan fingerprint density at radius 3 is 2.82 bits per heavy atom. The normalized spacial score (nSPS) is 13.0. The zero-order valence-electron chi connectivity index (χ0n) is 6.16. The van der Waals surface area contributed by atoms with Crippen molar-refractivity contribution in [3.05, 3.63) is 29.0 Å². The summed E-state index contributed by atoms with van der Waals surface area (Å²) < 4.78 is 0. The third-order valence-electron chi connectivity index (χ3n) is 1.20. The quantitative estimate of drug-likeness (QED) is 0.572. The van der Waals surface area contributed by atoms with Crippen LogP contribution in [0.3, 0.4) is 0 Å². The van der Waals surface area contributed by atoms with Gasteiger partial charge >= 0.3 is 0 Å². The molecular weight excluding hydrogens is 181 g/mol. The van der Waals surface area contributed by atoms with Crippen LogP contribution in [0.5, 0.6) is 0 Å². The second-order valence-corrected chi connectivity index (χ2v) is 4.32. The molecule has 0 bridgehead atoms. The Kier molecular flexibility index (Phi) is 3.25. The van der Waals surface area contributed by atoms with E-state index in [0.29, 0.717) is 11.3 Å². The summed E-state index contributed by atoms with van der Waals surface area (Å²) in [6, 6.07) is 3.61. The summed E-state index contributed by atoms with van der Waals surface area (Å²) >= 11 is 5.58. The largest absolute Gasteiger partial charge is 0.374 e. The van der Waals surface area contributed by atoms with Gasteiger partial charge in [-0.05, 0) is 18.3 Å². The monoisotopic (exact) mass is 189 g/mol. The van der Waals surface area contributed by atoms with Gasteiger partial charge in [-0.2, -0.15) is 0 Å². The number of hydrogen-bond donors (Lipinski definition) is 1. The molecule has 1 unspecified atom stereocenters. The molecule has 0 amide bonds. The van der Waals surface area contributed by atoms with Gasteiger partial charge in [-0.3, -0.25) is 0 Å². The molecule has 2 nitrogen and oxygen atoms in total. The van der Waals surface area contributed by atoms with Crippen molar-refractivity contribution >= 4 is 19.7 Å². The molecule has 1 aromatic rings. The molecule has 0 saturated carbocycles. The predicted octanol–water partition coefficient (Wildman–Crippen LogP) is 2.25. The molecule has 1 aromatic heterocycles. The van der Waals surface area contributed by atoms with E-state index >= 15 is 0 Å². The highest BCUT2D eigenvalue weighted by Gasteiger charge is 1.98. The van der Waals surface area contributed by atoms with Crippen LogP contribution in [0, 0.1) is 0 Å². The van der Waals surface area contributed by atoms with Gasteiger partial charge in [0, 0.05) is 20.5 Å². The lowest BCUT2D eigenvalue weighted by Gasteiger charge is -2.02. The highest BCUT2D eigenvalue weighted by molar-refractivity contribution is 7.49. The molecule has 0 aliphatic carbocycles. The third-order valence-corrected chi connectivity index (χ3v) is 2.25. The summed E-state index contributed by atoms with van der Waals surface area (Å²) in [6.07, 6.45) is 2.39. The minimum atomic E-state index is -0.869. The molecule has 0 aliphatic rings. The minimum absolute atomic E-state index is 0.493. The van der Waals surface area contributed by atoms with Crippen molar-refractivity contribution in [3.63, 3.8) is 0 Å². The highest BCUT2D eigenvalue weighted by Crippen LogP contribution is 2.29. The predicted molar refractivity (Wildman–Crippen MR) is 48.0 cm³/mol. The number of nitrogens with zero attached hydrogens (tertiary/aromatic N) is 1. The Morgan fingerprint density at radius 1 is 1.64 bits per heavy atom. The van der Waals surface area contributed by atoms with Crippen LogP contribution in [0.15, 0.2) is 18.3 Å². The lowest BCUT2D eigenvalue weighted by molar-refractivity contribution is 0.629. The van der Waals surface area contributed by atoms with Crippen LogP contribution >= 0.6 is 19.7 Å². The second kappa shape index (κ2) is 4.01. The van der Waals surface area contributed by atoms with E-state index in [1.807, 2.05) is 12.7 Å². The van der Waals surface area contributed by atoms with Gasteiger partial charge in [0.15, 0.2) is 0 Å². The molecular formula is C7H9ClNOP. The van der Waals surface area contributed by atoms with Crippen molar-refractivity contribution in [1.82, 2.24) is 4.98 Å². The van der Waals surface area contributed by atoms with Crippen LogP contribution < -0.4 is 0 Å². The van der Waals surface area contributed by atoms with E-state index in [4.69, 9.17) is 16.5 Å². The topological polar surface area (TPSA) is 33.1 Å². The van der Waals surface area contributed by atoms with E-state index in [9.17, 15) is 0 Å². The van der Waals surface area contributed by atoms with Crippen molar-refractivity contribution in [2.24, 2.45) is 0 Å². The molecule has 60 valence electrons. The lowest BCUT2D eigenvalue weighted by Crippen LogP contribution is -1.83. The van der Waals surface area contributed by atoms with E-state index in [-0.39, 0.29) is 0 Å². The van der Waals surface area contributed by atoms with Gasteiger partial charge in [0.25, 0.3) is 0 Å². The fraction of sp³-hybridized carbons (Fsp3) is 0.286. The molecule has 0 spiro atoms. The SMILES string of the molecule is CP(O)Cc1ccc(Cl)nc1. The third kappa shape index (κ3) is 3.15. The van der Waals surface area contributed by atoms with Gasteiger partial charge in [-0.25, -0.2) is 4.98 Å². The van der Waals surface area contributed by atoms with Crippen LogP contribution in [-0.2, 0) is 6.16 Å². The summed E-state index contributed by atoms with van der Waals surface area (Å²) in [7, 11) is -0.869. The molecule has 0 aromatic carbocycles. The first-order valence-electron chi connectivity index (χ1n) is 3.19. The van der Waals surface area contributed by atoms with Crippen LogP contribution in [0.4, 0.5) is 0 Å². The maximum atomic E-state index is 9.08. The van der Waals surface area contributed by atoms with Crippen LogP contribution in [0.1, 0.15) is 5.56 Å². The van der Waals surface area contributed by atoms with Crippen LogP contribution in [0.2, 0.25) is 5.15 Å². The van der Waals surface area contributed by atoms with Crippen molar-refractivity contribution < 1.29 is 4.89 Å². The van der Waals surface area contributed by atoms with E-state index in [0.717, 1.165) is 5.56 Å². The number of pyridine rings is 1. The maximum absolute atomic E-state index is 9.08. The van der Waals surface area contributed by atoms with E-state index in [1.54, 1.807) is 12.3 Å². The summed E-state index contributed by atoms with van der Waals surface area (Å²) in [5, 5.41) is 0.493. The summed E-state index contributed by atoms with van der Waals surface area (Å²) in [4.78, 5) is 13.0. The molecule has 1 N–H and O–H groups in total. The molecule has 1 rings (SSSR count). The zero-order valence-corrected chi connectivity index (χ0v) is 7.81. The second-order valence-electron chi connectivity index (χ2n) is 2.30. The first-order chi connectivity index (χ1) is 5.18. The van der Waals surface area contributed by atoms with E-state index in [2.05, 4.69) is 4.98 Å². The van der Waals surface area contributed by atoms with Gasteiger partial charge in [-0.1, -0.05) is 17.7 Å². The summed E-state index contributed by atoms with van der Waals surface area (Å²) in [5.41, 5.74) is 1.03. The Morgan fingerprint density at radius 2 is 2.36 bits per heavy atom. The zero-order chi connectivity index (χ0) is 8.27. The number of halogens is 1. The van der Waals surface area contributed by atoms with E-state index < -0.39 is 8.15 Å². The van der Waals surface area contributed by atoms with Gasteiger partial charge < -0.3 is 4.89 Å². The van der Waals surface area contributed by atoms with Crippen molar-refractivity contribution in [2.75, 3.05) is 6.66 Å². The first-order valence-corrected chi connectivity index (χ1v) is 5.49. The molecule has 0 saturated heterocycles. The summed E-state index contributed by atoms with van der Waals surface area (Å²) in [5.74, 6) is 0. The molecule has 0 aliphatic heterocycles. The smallest absolute Gasteiger partial charge is 0.129 e. The molecule has 0 fully saturated rings. The highest BCUT2D eigenvalue weighted by atomic mass is 35.5. The summed E-state index contributed by atoms with van der Waals surface area (Å²) in [6.45, 7) is 1.81. The van der Waals surface area contributed by atoms with Crippen molar-refractivity contribution in [3.8, 4) is 0 Å². The fourth-order valence-electron chi connectivity index (χ4n) is 0.764. The Labute approximate surface area is 72.1 Å². The van der Waals surface area contributed by atoms with Crippen molar-refractivity contribution in [1.29, 1.82) is 0 Å². The number of aromatic nitrogens is 1.